The number of nitro groups is 1. The van der Waals surface area contributed by atoms with Gasteiger partial charge in [0.1, 0.15) is 5.69 Å². The second-order valence-corrected chi connectivity index (χ2v) is 5.92. The summed E-state index contributed by atoms with van der Waals surface area (Å²) in [6.45, 7) is 0.151. The third kappa shape index (κ3) is 3.31. The predicted molar refractivity (Wildman–Crippen MR) is 86.1 cm³/mol. The number of rotatable bonds is 4. The molecule has 9 heteroatoms. The fourth-order valence-corrected chi connectivity index (χ4v) is 3.16. The van der Waals surface area contributed by atoms with Gasteiger partial charge in [-0.2, -0.15) is 0 Å². The van der Waals surface area contributed by atoms with Gasteiger partial charge in [0, 0.05) is 22.3 Å². The minimum absolute atomic E-state index is 0.142. The molecule has 21 heavy (non-hydrogen) atoms. The fourth-order valence-electron chi connectivity index (χ4n) is 1.90. The van der Waals surface area contributed by atoms with E-state index in [2.05, 4.69) is 37.3 Å². The number of nitro benzene ring substituents is 1. The zero-order valence-electron chi connectivity index (χ0n) is 10.5. The van der Waals surface area contributed by atoms with E-state index in [1.165, 1.54) is 10.6 Å². The third-order valence-corrected chi connectivity index (χ3v) is 3.82. The van der Waals surface area contributed by atoms with Crippen LogP contribution in [0, 0.1) is 10.1 Å². The van der Waals surface area contributed by atoms with E-state index < -0.39 is 4.92 Å². The molecule has 110 valence electrons. The van der Waals surface area contributed by atoms with Crippen molar-refractivity contribution in [2.24, 2.45) is 5.84 Å². The number of anilines is 1. The second kappa shape index (κ2) is 6.37. The number of halogens is 2. The average Bonchev–Trinajstić information content (AvgIpc) is 2.43. The average molecular weight is 418 g/mol. The zero-order valence-corrected chi connectivity index (χ0v) is 13.7. The fraction of sp³-hybridized carbons (Fsp3) is 0.0833. The molecule has 0 aliphatic heterocycles. The molecule has 0 amide bonds. The van der Waals surface area contributed by atoms with Gasteiger partial charge in [-0.25, -0.2) is 0 Å². The lowest BCUT2D eigenvalue weighted by Crippen LogP contribution is -2.22. The number of nitrogens with one attached hydrogen (secondary N) is 1. The molecule has 0 bridgehead atoms. The molecule has 2 aromatic rings. The molecule has 0 radical (unpaired) electrons. The van der Waals surface area contributed by atoms with E-state index in [-0.39, 0.29) is 23.5 Å². The third-order valence-electron chi connectivity index (χ3n) is 2.82. The maximum atomic E-state index is 12.1. The number of nitrogens with zero attached hydrogens (tertiary/aromatic N) is 2. The Morgan fingerprint density at radius 3 is 2.71 bits per heavy atom. The lowest BCUT2D eigenvalue weighted by molar-refractivity contribution is -0.384. The molecule has 0 saturated carbocycles. The predicted octanol–water partition coefficient (Wildman–Crippen LogP) is 2.62. The first kappa shape index (κ1) is 15.7. The van der Waals surface area contributed by atoms with E-state index in [1.54, 1.807) is 24.4 Å². The molecule has 0 saturated heterocycles. The summed E-state index contributed by atoms with van der Waals surface area (Å²) >= 11 is 6.47. The highest BCUT2D eigenvalue weighted by Crippen LogP contribution is 2.28. The molecule has 0 aliphatic carbocycles. The summed E-state index contributed by atoms with van der Waals surface area (Å²) in [5.41, 5.74) is 2.68. The molecule has 0 atom stereocenters. The standard InChI is InChI=1S/C12H10Br2N4O3/c13-8-4-9(14)12(19)17(6-8)5-7-2-1-3-10(18(20)21)11(7)16-15/h1-4,6,16H,5,15H2. The first-order chi connectivity index (χ1) is 9.93. The summed E-state index contributed by atoms with van der Waals surface area (Å²) in [5, 5.41) is 11.0. The number of hydrazine groups is 1. The minimum Gasteiger partial charge on any atom is -0.318 e. The zero-order chi connectivity index (χ0) is 15.6. The van der Waals surface area contributed by atoms with Gasteiger partial charge < -0.3 is 9.99 Å². The monoisotopic (exact) mass is 416 g/mol. The van der Waals surface area contributed by atoms with Gasteiger partial charge >= 0.3 is 0 Å². The van der Waals surface area contributed by atoms with Gasteiger partial charge in [-0.15, -0.1) is 0 Å². The topological polar surface area (TPSA) is 103 Å². The van der Waals surface area contributed by atoms with Crippen LogP contribution in [-0.4, -0.2) is 9.49 Å². The minimum atomic E-state index is -0.529. The van der Waals surface area contributed by atoms with Crippen LogP contribution in [-0.2, 0) is 6.54 Å². The molecule has 0 aliphatic rings. The van der Waals surface area contributed by atoms with Crippen LogP contribution in [0.5, 0.6) is 0 Å². The van der Waals surface area contributed by atoms with Crippen LogP contribution in [0.4, 0.5) is 11.4 Å². The van der Waals surface area contributed by atoms with Gasteiger partial charge in [0.05, 0.1) is 15.9 Å². The van der Waals surface area contributed by atoms with Crippen LogP contribution in [0.2, 0.25) is 0 Å². The number of nitrogens with two attached hydrogens (primary N) is 1. The van der Waals surface area contributed by atoms with Crippen LogP contribution >= 0.6 is 31.9 Å². The number of nitrogen functional groups attached to an aromatic ring is 1. The van der Waals surface area contributed by atoms with Crippen LogP contribution in [0.15, 0.2) is 44.2 Å². The van der Waals surface area contributed by atoms with Crippen molar-refractivity contribution in [3.8, 4) is 0 Å². The molecule has 1 heterocycles. The largest absolute Gasteiger partial charge is 0.318 e. The molecule has 7 nitrogen and oxygen atoms in total. The maximum absolute atomic E-state index is 12.1. The van der Waals surface area contributed by atoms with Gasteiger partial charge in [-0.05, 0) is 37.9 Å². The number of hydrogen-bond acceptors (Lipinski definition) is 5. The number of aromatic nitrogens is 1. The highest BCUT2D eigenvalue weighted by atomic mass is 79.9. The van der Waals surface area contributed by atoms with Crippen LogP contribution < -0.4 is 16.8 Å². The van der Waals surface area contributed by atoms with Gasteiger partial charge in [0.2, 0.25) is 0 Å². The van der Waals surface area contributed by atoms with E-state index in [0.29, 0.717) is 14.5 Å². The SMILES string of the molecule is NNc1c(Cn2cc(Br)cc(Br)c2=O)cccc1[N+](=O)[O-]. The van der Waals surface area contributed by atoms with E-state index in [1.807, 2.05) is 0 Å². The Bertz CT molecular complexity index is 761. The van der Waals surface area contributed by atoms with Crippen LogP contribution in [0.25, 0.3) is 0 Å². The van der Waals surface area contributed by atoms with Gasteiger partial charge in [-0.1, -0.05) is 12.1 Å². The van der Waals surface area contributed by atoms with E-state index in [9.17, 15) is 14.9 Å². The van der Waals surface area contributed by atoms with Crippen molar-refractivity contribution in [2.45, 2.75) is 6.54 Å². The highest BCUT2D eigenvalue weighted by Gasteiger charge is 2.17. The Balaban J connectivity index is 2.52. The van der Waals surface area contributed by atoms with Crippen LogP contribution in [0.1, 0.15) is 5.56 Å². The smallest absolute Gasteiger partial charge is 0.293 e. The Kier molecular flexibility index (Phi) is 4.76. The molecule has 0 spiro atoms. The number of hydrogen-bond donors (Lipinski definition) is 2. The Labute approximate surface area is 136 Å². The van der Waals surface area contributed by atoms with Crippen molar-refractivity contribution in [2.75, 3.05) is 5.43 Å². The van der Waals surface area contributed by atoms with E-state index in [0.717, 1.165) is 0 Å². The van der Waals surface area contributed by atoms with Crippen molar-refractivity contribution in [3.63, 3.8) is 0 Å². The van der Waals surface area contributed by atoms with Gasteiger partial charge in [-0.3, -0.25) is 20.8 Å². The molecule has 1 aromatic carbocycles. The molecule has 3 N–H and O–H groups in total. The lowest BCUT2D eigenvalue weighted by Gasteiger charge is -2.11. The molecular weight excluding hydrogens is 408 g/mol. The number of para-hydroxylation sites is 1. The first-order valence-corrected chi connectivity index (χ1v) is 7.31. The van der Waals surface area contributed by atoms with Crippen molar-refractivity contribution < 1.29 is 4.92 Å². The number of benzene rings is 1. The van der Waals surface area contributed by atoms with Crippen molar-refractivity contribution in [3.05, 3.63) is 65.4 Å². The Morgan fingerprint density at radius 1 is 1.38 bits per heavy atom. The van der Waals surface area contributed by atoms with Crippen molar-refractivity contribution >= 4 is 43.2 Å². The normalized spacial score (nSPS) is 10.4. The second-order valence-electron chi connectivity index (χ2n) is 4.15. The van der Waals surface area contributed by atoms with Crippen molar-refractivity contribution in [1.29, 1.82) is 0 Å². The van der Waals surface area contributed by atoms with Gasteiger partial charge in [0.25, 0.3) is 11.2 Å². The van der Waals surface area contributed by atoms with E-state index in [4.69, 9.17) is 5.84 Å². The van der Waals surface area contributed by atoms with Crippen molar-refractivity contribution in [1.82, 2.24) is 4.57 Å². The molecule has 0 unspecified atom stereocenters. The maximum Gasteiger partial charge on any atom is 0.293 e. The summed E-state index contributed by atoms with van der Waals surface area (Å²) in [6, 6.07) is 6.20. The highest BCUT2D eigenvalue weighted by molar-refractivity contribution is 9.11. The van der Waals surface area contributed by atoms with E-state index >= 15 is 0 Å². The molecular formula is C12H10Br2N4O3. The molecule has 2 rings (SSSR count). The summed E-state index contributed by atoms with van der Waals surface area (Å²) in [7, 11) is 0. The van der Waals surface area contributed by atoms with Gasteiger partial charge in [0.15, 0.2) is 0 Å². The summed E-state index contributed by atoms with van der Waals surface area (Å²) in [6.07, 6.45) is 1.60. The Morgan fingerprint density at radius 2 is 2.10 bits per heavy atom. The molecule has 0 fully saturated rings. The molecule has 1 aromatic heterocycles. The summed E-state index contributed by atoms with van der Waals surface area (Å²) < 4.78 is 2.53. The quantitative estimate of drug-likeness (QED) is 0.452. The first-order valence-electron chi connectivity index (χ1n) is 5.72. The van der Waals surface area contributed by atoms with Crippen LogP contribution in [0.3, 0.4) is 0 Å². The Hall–Kier alpha value is -1.71. The summed E-state index contributed by atoms with van der Waals surface area (Å²) in [5.74, 6) is 5.38. The number of pyridine rings is 1. The lowest BCUT2D eigenvalue weighted by atomic mass is 10.1. The summed E-state index contributed by atoms with van der Waals surface area (Å²) in [4.78, 5) is 22.5.